The monoisotopic (exact) mass is 236 g/mol. The van der Waals surface area contributed by atoms with Crippen LogP contribution in [0.2, 0.25) is 0 Å². The van der Waals surface area contributed by atoms with E-state index in [1.807, 2.05) is 13.8 Å². The summed E-state index contributed by atoms with van der Waals surface area (Å²) in [6, 6.07) is 0.155. The van der Waals surface area contributed by atoms with E-state index >= 15 is 0 Å². The molecule has 1 amide bonds. The number of rotatable bonds is 5. The summed E-state index contributed by atoms with van der Waals surface area (Å²) >= 11 is 0. The SMILES string of the molecule is CCCNc1cnc(C(=O)N(C)C(C)C)cn1. The average Bonchev–Trinajstić information content (AvgIpc) is 2.35. The van der Waals surface area contributed by atoms with Crippen molar-refractivity contribution in [2.45, 2.75) is 33.2 Å². The molecule has 5 heteroatoms. The van der Waals surface area contributed by atoms with Gasteiger partial charge in [-0.1, -0.05) is 6.92 Å². The second-order valence-corrected chi connectivity index (χ2v) is 4.22. The van der Waals surface area contributed by atoms with E-state index in [-0.39, 0.29) is 11.9 Å². The van der Waals surface area contributed by atoms with Gasteiger partial charge in [-0.3, -0.25) is 4.79 Å². The highest BCUT2D eigenvalue weighted by Gasteiger charge is 2.15. The van der Waals surface area contributed by atoms with Crippen LogP contribution in [0.15, 0.2) is 12.4 Å². The molecule has 0 saturated heterocycles. The standard InChI is InChI=1S/C12H20N4O/c1-5-6-13-11-8-14-10(7-15-11)12(17)16(4)9(2)3/h7-9H,5-6H2,1-4H3,(H,13,15). The van der Waals surface area contributed by atoms with E-state index in [0.717, 1.165) is 13.0 Å². The maximum atomic E-state index is 11.9. The first-order valence-electron chi connectivity index (χ1n) is 5.89. The second kappa shape index (κ2) is 6.18. The third kappa shape index (κ3) is 3.69. The van der Waals surface area contributed by atoms with Crippen LogP contribution in [0, 0.1) is 0 Å². The first-order valence-corrected chi connectivity index (χ1v) is 5.89. The first kappa shape index (κ1) is 13.4. The zero-order valence-electron chi connectivity index (χ0n) is 10.9. The van der Waals surface area contributed by atoms with Crippen LogP contribution in [0.4, 0.5) is 5.82 Å². The van der Waals surface area contributed by atoms with Crippen molar-refractivity contribution in [3.05, 3.63) is 18.1 Å². The summed E-state index contributed by atoms with van der Waals surface area (Å²) in [5, 5.41) is 3.11. The molecule has 1 rings (SSSR count). The quantitative estimate of drug-likeness (QED) is 0.846. The van der Waals surface area contributed by atoms with Gasteiger partial charge in [-0.2, -0.15) is 0 Å². The van der Waals surface area contributed by atoms with Gasteiger partial charge in [0.15, 0.2) is 0 Å². The van der Waals surface area contributed by atoms with Gasteiger partial charge in [0.2, 0.25) is 0 Å². The molecular weight excluding hydrogens is 216 g/mol. The van der Waals surface area contributed by atoms with Crippen LogP contribution in [0.5, 0.6) is 0 Å². The highest BCUT2D eigenvalue weighted by Crippen LogP contribution is 2.05. The Kier molecular flexibility index (Phi) is 4.87. The van der Waals surface area contributed by atoms with Crippen molar-refractivity contribution in [2.24, 2.45) is 0 Å². The van der Waals surface area contributed by atoms with Gasteiger partial charge in [-0.15, -0.1) is 0 Å². The summed E-state index contributed by atoms with van der Waals surface area (Å²) in [7, 11) is 1.76. The molecule has 17 heavy (non-hydrogen) atoms. The lowest BCUT2D eigenvalue weighted by atomic mass is 10.3. The Morgan fingerprint density at radius 2 is 2.12 bits per heavy atom. The number of carbonyl (C=O) groups is 1. The maximum Gasteiger partial charge on any atom is 0.274 e. The van der Waals surface area contributed by atoms with Gasteiger partial charge >= 0.3 is 0 Å². The lowest BCUT2D eigenvalue weighted by Gasteiger charge is -2.20. The molecule has 5 nitrogen and oxygen atoms in total. The second-order valence-electron chi connectivity index (χ2n) is 4.22. The molecule has 1 N–H and O–H groups in total. The Bertz CT molecular complexity index is 361. The van der Waals surface area contributed by atoms with Crippen LogP contribution in [0.1, 0.15) is 37.7 Å². The van der Waals surface area contributed by atoms with Gasteiger partial charge < -0.3 is 10.2 Å². The van der Waals surface area contributed by atoms with E-state index in [2.05, 4.69) is 22.2 Å². The third-order valence-electron chi connectivity index (χ3n) is 2.52. The number of amides is 1. The van der Waals surface area contributed by atoms with Crippen LogP contribution >= 0.6 is 0 Å². The Morgan fingerprint density at radius 1 is 1.41 bits per heavy atom. The van der Waals surface area contributed by atoms with Crippen LogP contribution in [-0.4, -0.2) is 40.4 Å². The molecule has 0 aromatic carbocycles. The van der Waals surface area contributed by atoms with E-state index in [9.17, 15) is 4.79 Å². The van der Waals surface area contributed by atoms with Crippen LogP contribution in [0.3, 0.4) is 0 Å². The van der Waals surface area contributed by atoms with Gasteiger partial charge in [0.1, 0.15) is 11.5 Å². The van der Waals surface area contributed by atoms with Crippen molar-refractivity contribution in [1.82, 2.24) is 14.9 Å². The van der Waals surface area contributed by atoms with Gasteiger partial charge in [0.05, 0.1) is 12.4 Å². The fraction of sp³-hybridized carbons (Fsp3) is 0.583. The molecule has 1 heterocycles. The lowest BCUT2D eigenvalue weighted by Crippen LogP contribution is -2.33. The molecule has 0 radical (unpaired) electrons. The Hall–Kier alpha value is -1.65. The predicted octanol–water partition coefficient (Wildman–Crippen LogP) is 1.78. The Labute approximate surface area is 102 Å². The molecule has 0 atom stereocenters. The largest absolute Gasteiger partial charge is 0.369 e. The van der Waals surface area contributed by atoms with Crippen molar-refractivity contribution in [2.75, 3.05) is 18.9 Å². The molecule has 0 spiro atoms. The fourth-order valence-electron chi connectivity index (χ4n) is 1.20. The number of anilines is 1. The molecule has 0 aliphatic heterocycles. The Morgan fingerprint density at radius 3 is 2.59 bits per heavy atom. The van der Waals surface area contributed by atoms with Gasteiger partial charge in [0, 0.05) is 19.6 Å². The molecule has 0 bridgehead atoms. The third-order valence-corrected chi connectivity index (χ3v) is 2.52. The number of nitrogens with one attached hydrogen (secondary N) is 1. The molecule has 94 valence electrons. The molecular formula is C12H20N4O. The van der Waals surface area contributed by atoms with Crippen LogP contribution < -0.4 is 5.32 Å². The zero-order chi connectivity index (χ0) is 12.8. The van der Waals surface area contributed by atoms with Crippen LogP contribution in [-0.2, 0) is 0 Å². The van der Waals surface area contributed by atoms with Crippen molar-refractivity contribution >= 4 is 11.7 Å². The lowest BCUT2D eigenvalue weighted by molar-refractivity contribution is 0.0748. The summed E-state index contributed by atoms with van der Waals surface area (Å²) in [5.41, 5.74) is 0.378. The highest BCUT2D eigenvalue weighted by molar-refractivity contribution is 5.92. The minimum atomic E-state index is -0.102. The zero-order valence-corrected chi connectivity index (χ0v) is 10.9. The molecule has 0 aliphatic rings. The van der Waals surface area contributed by atoms with E-state index in [0.29, 0.717) is 11.5 Å². The summed E-state index contributed by atoms with van der Waals surface area (Å²) in [6.45, 7) is 6.86. The summed E-state index contributed by atoms with van der Waals surface area (Å²) in [6.07, 6.45) is 4.13. The molecule has 0 saturated carbocycles. The summed E-state index contributed by atoms with van der Waals surface area (Å²) < 4.78 is 0. The van der Waals surface area contributed by atoms with E-state index in [1.54, 1.807) is 18.1 Å². The van der Waals surface area contributed by atoms with Crippen molar-refractivity contribution < 1.29 is 4.79 Å². The molecule has 1 aromatic rings. The molecule has 1 aromatic heterocycles. The normalized spacial score (nSPS) is 10.4. The number of hydrogen-bond donors (Lipinski definition) is 1. The Balaban J connectivity index is 2.70. The average molecular weight is 236 g/mol. The minimum Gasteiger partial charge on any atom is -0.369 e. The fourth-order valence-corrected chi connectivity index (χ4v) is 1.20. The molecule has 0 fully saturated rings. The topological polar surface area (TPSA) is 58.1 Å². The smallest absolute Gasteiger partial charge is 0.274 e. The van der Waals surface area contributed by atoms with Gasteiger partial charge in [-0.25, -0.2) is 9.97 Å². The number of nitrogens with zero attached hydrogens (tertiary/aromatic N) is 3. The van der Waals surface area contributed by atoms with E-state index in [1.165, 1.54) is 6.20 Å². The molecule has 0 aliphatic carbocycles. The van der Waals surface area contributed by atoms with Crippen molar-refractivity contribution in [3.63, 3.8) is 0 Å². The highest BCUT2D eigenvalue weighted by atomic mass is 16.2. The van der Waals surface area contributed by atoms with Crippen LogP contribution in [0.25, 0.3) is 0 Å². The summed E-state index contributed by atoms with van der Waals surface area (Å²) in [5.74, 6) is 0.602. The van der Waals surface area contributed by atoms with Crippen molar-refractivity contribution in [3.8, 4) is 0 Å². The number of carbonyl (C=O) groups excluding carboxylic acids is 1. The molecule has 0 unspecified atom stereocenters. The van der Waals surface area contributed by atoms with E-state index in [4.69, 9.17) is 0 Å². The number of hydrogen-bond acceptors (Lipinski definition) is 4. The number of aromatic nitrogens is 2. The van der Waals surface area contributed by atoms with Crippen molar-refractivity contribution in [1.29, 1.82) is 0 Å². The van der Waals surface area contributed by atoms with Gasteiger partial charge in [0.25, 0.3) is 5.91 Å². The van der Waals surface area contributed by atoms with Gasteiger partial charge in [-0.05, 0) is 20.3 Å². The first-order chi connectivity index (χ1) is 8.06. The maximum absolute atomic E-state index is 11.9. The summed E-state index contributed by atoms with van der Waals surface area (Å²) in [4.78, 5) is 21.8. The predicted molar refractivity (Wildman–Crippen MR) is 68.0 cm³/mol. The minimum absolute atomic E-state index is 0.102. The van der Waals surface area contributed by atoms with E-state index < -0.39 is 0 Å².